The summed E-state index contributed by atoms with van der Waals surface area (Å²) in [5, 5.41) is 0. The fourth-order valence-corrected chi connectivity index (χ4v) is 2.35. The second kappa shape index (κ2) is 15.0. The van der Waals surface area contributed by atoms with Crippen molar-refractivity contribution in [2.45, 2.75) is 6.92 Å². The van der Waals surface area contributed by atoms with E-state index in [-0.39, 0.29) is 29.5 Å². The van der Waals surface area contributed by atoms with Gasteiger partial charge in [-0.05, 0) is 42.3 Å². The summed E-state index contributed by atoms with van der Waals surface area (Å²) >= 11 is 0. The van der Waals surface area contributed by atoms with E-state index in [1.54, 1.807) is 18.2 Å². The molecule has 8 nitrogen and oxygen atoms in total. The van der Waals surface area contributed by atoms with Crippen LogP contribution in [0.2, 0.25) is 0 Å². The van der Waals surface area contributed by atoms with Crippen molar-refractivity contribution in [1.82, 2.24) is 0 Å². The van der Waals surface area contributed by atoms with Gasteiger partial charge in [0.2, 0.25) is 0 Å². The molecule has 0 aromatic heterocycles. The lowest BCUT2D eigenvalue weighted by molar-refractivity contribution is -0.130. The van der Waals surface area contributed by atoms with E-state index in [1.807, 2.05) is 6.92 Å². The van der Waals surface area contributed by atoms with Crippen molar-refractivity contribution in [1.29, 1.82) is 0 Å². The molecule has 2 aromatic carbocycles. The fourth-order valence-electron chi connectivity index (χ4n) is 2.35. The van der Waals surface area contributed by atoms with Gasteiger partial charge in [-0.25, -0.2) is 14.4 Å². The molecule has 0 fully saturated rings. The molecule has 0 radical (unpaired) electrons. The van der Waals surface area contributed by atoms with Crippen LogP contribution in [0.5, 0.6) is 23.0 Å². The number of esters is 3. The molecule has 0 atom stereocenters. The summed E-state index contributed by atoms with van der Waals surface area (Å²) < 4.78 is 20.1. The summed E-state index contributed by atoms with van der Waals surface area (Å²) in [6, 6.07) is 8.80. The first-order chi connectivity index (χ1) is 16.8. The van der Waals surface area contributed by atoms with E-state index in [0.29, 0.717) is 11.1 Å². The van der Waals surface area contributed by atoms with E-state index in [2.05, 4.69) is 26.3 Å². The van der Waals surface area contributed by atoms with E-state index in [9.17, 15) is 19.2 Å². The molecule has 0 saturated carbocycles. The van der Waals surface area contributed by atoms with Crippen LogP contribution in [-0.4, -0.2) is 24.4 Å². The maximum absolute atomic E-state index is 11.5. The van der Waals surface area contributed by atoms with Crippen LogP contribution in [0, 0.1) is 0 Å². The number of carbonyl (C=O) groups excluding carboxylic acids is 4. The van der Waals surface area contributed by atoms with Crippen LogP contribution in [-0.2, 0) is 19.2 Å². The van der Waals surface area contributed by atoms with Gasteiger partial charge in [-0.2, -0.15) is 0 Å². The summed E-state index contributed by atoms with van der Waals surface area (Å²) in [6.45, 7) is 15.5. The van der Waals surface area contributed by atoms with Crippen molar-refractivity contribution in [3.05, 3.63) is 98.1 Å². The maximum atomic E-state index is 11.5. The van der Waals surface area contributed by atoms with Gasteiger partial charge in [0.15, 0.2) is 0 Å². The minimum Gasteiger partial charge on any atom is -0.429 e. The minimum atomic E-state index is -0.695. The van der Waals surface area contributed by atoms with E-state index in [4.69, 9.17) is 18.9 Å². The van der Waals surface area contributed by atoms with Crippen molar-refractivity contribution >= 4 is 36.5 Å². The highest BCUT2D eigenvalue weighted by atomic mass is 16.5. The quantitative estimate of drug-likeness (QED) is 0.120. The van der Waals surface area contributed by atoms with Crippen LogP contribution in [0.25, 0.3) is 12.2 Å². The third-order valence-electron chi connectivity index (χ3n) is 3.61. The molecule has 180 valence electrons. The van der Waals surface area contributed by atoms with Gasteiger partial charge in [0.25, 0.3) is 6.47 Å². The van der Waals surface area contributed by atoms with Gasteiger partial charge in [0.1, 0.15) is 23.0 Å². The highest BCUT2D eigenvalue weighted by molar-refractivity contribution is 5.85. The number of carbonyl (C=O) groups is 4. The average Bonchev–Trinajstić information content (AvgIpc) is 2.83. The zero-order valence-corrected chi connectivity index (χ0v) is 19.1. The Bertz CT molecular complexity index is 1120. The van der Waals surface area contributed by atoms with Crippen LogP contribution >= 0.6 is 0 Å². The average molecular weight is 476 g/mol. The Morgan fingerprint density at radius 2 is 0.943 bits per heavy atom. The topological polar surface area (TPSA) is 105 Å². The third kappa shape index (κ3) is 10.5. The molecule has 0 N–H and O–H groups in total. The number of rotatable bonds is 10. The van der Waals surface area contributed by atoms with Crippen LogP contribution in [0.1, 0.15) is 18.1 Å². The van der Waals surface area contributed by atoms with Gasteiger partial charge >= 0.3 is 17.9 Å². The predicted octanol–water partition coefficient (Wildman–Crippen LogP) is 4.86. The molecule has 35 heavy (non-hydrogen) atoms. The van der Waals surface area contributed by atoms with Crippen LogP contribution in [0.4, 0.5) is 0 Å². The Labute approximate surface area is 203 Å². The normalized spacial score (nSPS) is 9.51. The first-order valence-corrected chi connectivity index (χ1v) is 9.96. The van der Waals surface area contributed by atoms with Gasteiger partial charge in [0.05, 0.1) is 0 Å². The van der Waals surface area contributed by atoms with E-state index in [0.717, 1.165) is 18.2 Å². The molecule has 2 aromatic rings. The molecule has 2 rings (SSSR count). The molecule has 0 aliphatic carbocycles. The first-order valence-electron chi connectivity index (χ1n) is 9.96. The molecule has 8 heteroatoms. The fraction of sp³-hybridized carbons (Fsp3) is 0.0370. The van der Waals surface area contributed by atoms with Crippen molar-refractivity contribution in [3.63, 3.8) is 0 Å². The molecule has 0 saturated heterocycles. The van der Waals surface area contributed by atoms with E-state index in [1.165, 1.54) is 36.4 Å². The number of hydrogen-bond acceptors (Lipinski definition) is 8. The highest BCUT2D eigenvalue weighted by Crippen LogP contribution is 2.27. The molecule has 0 aliphatic rings. The Hall–Kier alpha value is -4.98. The second-order valence-electron chi connectivity index (χ2n) is 6.31. The number of hydrogen-bond donors (Lipinski definition) is 0. The standard InChI is InChI=1S/C24H18O8.C3H6/c1-4-22(26)30-19-10-16(9-18(13-19)29-15-25)7-8-17-11-20(31-23(27)5-2)14-21(12-17)32-24(28)6-3;1-3-2/h4-15H,1-3H2;3H,1H2,2H3/b8-7+;. The lowest BCUT2D eigenvalue weighted by Gasteiger charge is -2.08. The first kappa shape index (κ1) is 28.1. The molecule has 0 bridgehead atoms. The van der Waals surface area contributed by atoms with Crippen LogP contribution < -0.4 is 18.9 Å². The van der Waals surface area contributed by atoms with Crippen molar-refractivity contribution in [3.8, 4) is 23.0 Å². The zero-order valence-electron chi connectivity index (χ0n) is 19.1. The Kier molecular flexibility index (Phi) is 12.0. The monoisotopic (exact) mass is 476 g/mol. The van der Waals surface area contributed by atoms with Crippen molar-refractivity contribution in [2.24, 2.45) is 0 Å². The molecule has 0 unspecified atom stereocenters. The molecular formula is C27H24O8. The summed E-state index contributed by atoms with van der Waals surface area (Å²) in [4.78, 5) is 45.2. The lowest BCUT2D eigenvalue weighted by Crippen LogP contribution is -2.06. The Morgan fingerprint density at radius 1 is 0.629 bits per heavy atom. The summed E-state index contributed by atoms with van der Waals surface area (Å²) in [7, 11) is 0. The summed E-state index contributed by atoms with van der Waals surface area (Å²) in [5.41, 5.74) is 1.01. The molecule has 0 spiro atoms. The Morgan fingerprint density at radius 3 is 1.26 bits per heavy atom. The van der Waals surface area contributed by atoms with E-state index < -0.39 is 17.9 Å². The number of allylic oxidation sites excluding steroid dienone is 1. The molecular weight excluding hydrogens is 452 g/mol. The van der Waals surface area contributed by atoms with Gasteiger partial charge < -0.3 is 18.9 Å². The van der Waals surface area contributed by atoms with Crippen molar-refractivity contribution < 1.29 is 38.1 Å². The second-order valence-corrected chi connectivity index (χ2v) is 6.31. The third-order valence-corrected chi connectivity index (χ3v) is 3.61. The SMILES string of the molecule is C=CC.C=CC(=O)Oc1cc(/C=C/c2cc(OC(=O)C=C)cc(OC(=O)C=C)c2)cc(OC=O)c1. The number of ether oxygens (including phenoxy) is 4. The maximum Gasteiger partial charge on any atom is 0.335 e. The van der Waals surface area contributed by atoms with Gasteiger partial charge in [0, 0.05) is 30.4 Å². The predicted molar refractivity (Wildman–Crippen MR) is 132 cm³/mol. The molecule has 0 heterocycles. The summed E-state index contributed by atoms with van der Waals surface area (Å²) in [6.07, 6.45) is 7.93. The largest absolute Gasteiger partial charge is 0.429 e. The lowest BCUT2D eigenvalue weighted by atomic mass is 10.1. The van der Waals surface area contributed by atoms with Gasteiger partial charge in [-0.1, -0.05) is 38.0 Å². The van der Waals surface area contributed by atoms with Gasteiger partial charge in [-0.15, -0.1) is 6.58 Å². The summed E-state index contributed by atoms with van der Waals surface area (Å²) in [5.74, 6) is -1.58. The smallest absolute Gasteiger partial charge is 0.335 e. The van der Waals surface area contributed by atoms with Crippen LogP contribution in [0.15, 0.2) is 87.0 Å². The molecule has 0 aliphatic heterocycles. The molecule has 0 amide bonds. The number of benzene rings is 2. The van der Waals surface area contributed by atoms with Crippen molar-refractivity contribution in [2.75, 3.05) is 0 Å². The zero-order chi connectivity index (χ0) is 26.2. The van der Waals surface area contributed by atoms with Crippen LogP contribution in [0.3, 0.4) is 0 Å². The Balaban J connectivity index is 0.00000194. The minimum absolute atomic E-state index is 0.113. The van der Waals surface area contributed by atoms with E-state index >= 15 is 0 Å². The van der Waals surface area contributed by atoms with Gasteiger partial charge in [-0.3, -0.25) is 4.79 Å². The highest BCUT2D eigenvalue weighted by Gasteiger charge is 2.08.